The third-order valence-corrected chi connectivity index (χ3v) is 5.77. The standard InChI is InChI=1S/C12H24N2OS2/c1-12(2,3)10(13)6-11(15)14-7-9-8-16-4-5-17-9/h9-10H,4-8,13H2,1-3H3,(H,14,15). The fraction of sp³-hybridized carbons (Fsp3) is 0.917. The molecule has 0 aromatic heterocycles. The molecule has 5 heteroatoms. The van der Waals surface area contributed by atoms with Crippen molar-refractivity contribution in [3.05, 3.63) is 0 Å². The number of carbonyl (C=O) groups excluding carboxylic acids is 1. The Balaban J connectivity index is 2.20. The van der Waals surface area contributed by atoms with Crippen molar-refractivity contribution in [2.24, 2.45) is 11.1 Å². The number of carbonyl (C=O) groups is 1. The van der Waals surface area contributed by atoms with Crippen LogP contribution in [0.3, 0.4) is 0 Å². The van der Waals surface area contributed by atoms with Gasteiger partial charge in [0.25, 0.3) is 0 Å². The Morgan fingerprint density at radius 3 is 2.71 bits per heavy atom. The number of nitrogens with two attached hydrogens (primary N) is 1. The van der Waals surface area contributed by atoms with Gasteiger partial charge in [0.15, 0.2) is 0 Å². The van der Waals surface area contributed by atoms with Gasteiger partial charge in [-0.2, -0.15) is 23.5 Å². The van der Waals surface area contributed by atoms with E-state index in [0.29, 0.717) is 11.7 Å². The molecule has 1 rings (SSSR count). The molecule has 100 valence electrons. The summed E-state index contributed by atoms with van der Waals surface area (Å²) in [5.74, 6) is 3.68. The lowest BCUT2D eigenvalue weighted by atomic mass is 9.85. The molecule has 3 nitrogen and oxygen atoms in total. The summed E-state index contributed by atoms with van der Waals surface area (Å²) in [4.78, 5) is 11.7. The third-order valence-electron chi connectivity index (χ3n) is 2.93. The summed E-state index contributed by atoms with van der Waals surface area (Å²) in [5.41, 5.74) is 5.98. The van der Waals surface area contributed by atoms with E-state index in [1.165, 1.54) is 11.5 Å². The Hall–Kier alpha value is 0.130. The molecule has 1 fully saturated rings. The van der Waals surface area contributed by atoms with Crippen molar-refractivity contribution < 1.29 is 4.79 Å². The van der Waals surface area contributed by atoms with Gasteiger partial charge >= 0.3 is 0 Å². The highest BCUT2D eigenvalue weighted by molar-refractivity contribution is 8.06. The second-order valence-corrected chi connectivity index (χ2v) is 8.11. The summed E-state index contributed by atoms with van der Waals surface area (Å²) < 4.78 is 0. The Morgan fingerprint density at radius 1 is 1.47 bits per heavy atom. The monoisotopic (exact) mass is 276 g/mol. The molecule has 0 spiro atoms. The van der Waals surface area contributed by atoms with Gasteiger partial charge < -0.3 is 11.1 Å². The normalized spacial score (nSPS) is 23.2. The Labute approximate surface area is 113 Å². The minimum absolute atomic E-state index is 0.00716. The Kier molecular flexibility index (Phi) is 6.17. The molecular weight excluding hydrogens is 252 g/mol. The smallest absolute Gasteiger partial charge is 0.221 e. The summed E-state index contributed by atoms with van der Waals surface area (Å²) in [5, 5.41) is 3.58. The number of thioether (sulfide) groups is 2. The first kappa shape index (κ1) is 15.2. The van der Waals surface area contributed by atoms with E-state index in [2.05, 4.69) is 26.1 Å². The zero-order valence-corrected chi connectivity index (χ0v) is 12.6. The van der Waals surface area contributed by atoms with E-state index in [-0.39, 0.29) is 17.4 Å². The molecule has 2 unspecified atom stereocenters. The highest BCUT2D eigenvalue weighted by Crippen LogP contribution is 2.23. The Morgan fingerprint density at radius 2 is 2.18 bits per heavy atom. The summed E-state index contributed by atoms with van der Waals surface area (Å²) in [7, 11) is 0. The highest BCUT2D eigenvalue weighted by Gasteiger charge is 2.23. The van der Waals surface area contributed by atoms with Crippen molar-refractivity contribution in [3.63, 3.8) is 0 Å². The number of nitrogens with one attached hydrogen (secondary N) is 1. The molecule has 0 bridgehead atoms. The van der Waals surface area contributed by atoms with Crippen LogP contribution < -0.4 is 11.1 Å². The number of hydrogen-bond acceptors (Lipinski definition) is 4. The molecule has 0 aliphatic carbocycles. The van der Waals surface area contributed by atoms with Gasteiger partial charge in [-0.05, 0) is 5.41 Å². The van der Waals surface area contributed by atoms with E-state index < -0.39 is 0 Å². The molecule has 0 radical (unpaired) electrons. The van der Waals surface area contributed by atoms with Gasteiger partial charge in [0.2, 0.25) is 5.91 Å². The summed E-state index contributed by atoms with van der Waals surface area (Å²) in [6.07, 6.45) is 0.425. The van der Waals surface area contributed by atoms with Crippen LogP contribution in [0.25, 0.3) is 0 Å². The topological polar surface area (TPSA) is 55.1 Å². The van der Waals surface area contributed by atoms with Crippen LogP contribution in [-0.4, -0.2) is 41.0 Å². The molecule has 1 aliphatic heterocycles. The van der Waals surface area contributed by atoms with E-state index in [9.17, 15) is 4.79 Å². The van der Waals surface area contributed by atoms with Crippen molar-refractivity contribution >= 4 is 29.4 Å². The van der Waals surface area contributed by atoms with Gasteiger partial charge in [-0.3, -0.25) is 4.79 Å². The largest absolute Gasteiger partial charge is 0.355 e. The molecule has 2 atom stereocenters. The van der Waals surface area contributed by atoms with Crippen molar-refractivity contribution in [1.29, 1.82) is 0 Å². The van der Waals surface area contributed by atoms with Crippen molar-refractivity contribution in [1.82, 2.24) is 5.32 Å². The highest BCUT2D eigenvalue weighted by atomic mass is 32.2. The first-order valence-corrected chi connectivity index (χ1v) is 8.31. The molecule has 0 aromatic rings. The average Bonchev–Trinajstić information content (AvgIpc) is 2.26. The molecule has 1 saturated heterocycles. The number of hydrogen-bond donors (Lipinski definition) is 2. The zero-order chi connectivity index (χ0) is 12.9. The van der Waals surface area contributed by atoms with Gasteiger partial charge in [0.1, 0.15) is 0 Å². The quantitative estimate of drug-likeness (QED) is 0.821. The van der Waals surface area contributed by atoms with Crippen LogP contribution in [0, 0.1) is 5.41 Å². The van der Waals surface area contributed by atoms with E-state index in [1.807, 2.05) is 23.5 Å². The van der Waals surface area contributed by atoms with Gasteiger partial charge in [-0.15, -0.1) is 0 Å². The summed E-state index contributed by atoms with van der Waals surface area (Å²) >= 11 is 3.94. The van der Waals surface area contributed by atoms with Crippen molar-refractivity contribution in [2.45, 2.75) is 38.5 Å². The first-order valence-electron chi connectivity index (χ1n) is 6.11. The van der Waals surface area contributed by atoms with E-state index >= 15 is 0 Å². The van der Waals surface area contributed by atoms with E-state index in [1.54, 1.807) is 0 Å². The lowest BCUT2D eigenvalue weighted by Crippen LogP contribution is -2.41. The first-order chi connectivity index (χ1) is 7.89. The summed E-state index contributed by atoms with van der Waals surface area (Å²) in [6, 6.07) is -0.0733. The number of amides is 1. The Bertz CT molecular complexity index is 247. The van der Waals surface area contributed by atoms with Crippen LogP contribution in [0.2, 0.25) is 0 Å². The van der Waals surface area contributed by atoms with Crippen LogP contribution in [0.4, 0.5) is 0 Å². The molecule has 1 aliphatic rings. The SMILES string of the molecule is CC(C)(C)C(N)CC(=O)NCC1CSCCS1. The van der Waals surface area contributed by atoms with Gasteiger partial charge in [-0.1, -0.05) is 20.8 Å². The number of rotatable bonds is 4. The van der Waals surface area contributed by atoms with Gasteiger partial charge in [-0.25, -0.2) is 0 Å². The van der Waals surface area contributed by atoms with Crippen LogP contribution >= 0.6 is 23.5 Å². The predicted octanol–water partition coefficient (Wildman–Crippen LogP) is 1.71. The van der Waals surface area contributed by atoms with Gasteiger partial charge in [0.05, 0.1) is 0 Å². The molecule has 0 saturated carbocycles. The molecule has 3 N–H and O–H groups in total. The van der Waals surface area contributed by atoms with Crippen LogP contribution in [0.1, 0.15) is 27.2 Å². The maximum atomic E-state index is 11.7. The second-order valence-electron chi connectivity index (χ2n) is 5.55. The molecule has 0 aromatic carbocycles. The second kappa shape index (κ2) is 6.90. The van der Waals surface area contributed by atoms with Gasteiger partial charge in [0, 0.05) is 41.5 Å². The fourth-order valence-electron chi connectivity index (χ4n) is 1.46. The lowest BCUT2D eigenvalue weighted by molar-refractivity contribution is -0.121. The molecule has 1 amide bonds. The molecule has 1 heterocycles. The molecular formula is C12H24N2OS2. The fourth-order valence-corrected chi connectivity index (χ4v) is 4.07. The lowest BCUT2D eigenvalue weighted by Gasteiger charge is -2.27. The van der Waals surface area contributed by atoms with Crippen LogP contribution in [0.5, 0.6) is 0 Å². The third kappa shape index (κ3) is 6.02. The zero-order valence-electron chi connectivity index (χ0n) is 11.0. The maximum absolute atomic E-state index is 11.7. The van der Waals surface area contributed by atoms with Crippen LogP contribution in [-0.2, 0) is 4.79 Å². The average molecular weight is 276 g/mol. The minimum Gasteiger partial charge on any atom is -0.355 e. The van der Waals surface area contributed by atoms with Crippen LogP contribution in [0.15, 0.2) is 0 Å². The predicted molar refractivity (Wildman–Crippen MR) is 78.6 cm³/mol. The molecule has 17 heavy (non-hydrogen) atoms. The van der Waals surface area contributed by atoms with Crippen molar-refractivity contribution in [2.75, 3.05) is 23.8 Å². The summed E-state index contributed by atoms with van der Waals surface area (Å²) in [6.45, 7) is 6.99. The van der Waals surface area contributed by atoms with E-state index in [0.717, 1.165) is 12.3 Å². The van der Waals surface area contributed by atoms with E-state index in [4.69, 9.17) is 5.73 Å². The minimum atomic E-state index is -0.0733. The maximum Gasteiger partial charge on any atom is 0.221 e. The van der Waals surface area contributed by atoms with Crippen molar-refractivity contribution in [3.8, 4) is 0 Å².